The van der Waals surface area contributed by atoms with E-state index in [-0.39, 0.29) is 11.5 Å². The van der Waals surface area contributed by atoms with Gasteiger partial charge in [0.15, 0.2) is 0 Å². The Hall–Kier alpha value is -0.770. The van der Waals surface area contributed by atoms with E-state index in [0.717, 1.165) is 19.3 Å². The van der Waals surface area contributed by atoms with Crippen LogP contribution in [0.3, 0.4) is 0 Å². The first-order valence-electron chi connectivity index (χ1n) is 7.72. The van der Waals surface area contributed by atoms with E-state index < -0.39 is 11.8 Å². The maximum absolute atomic E-state index is 11.7. The van der Waals surface area contributed by atoms with Gasteiger partial charge in [-0.1, -0.05) is 27.7 Å². The largest absolute Gasteiger partial charge is 0.508 e. The predicted molar refractivity (Wildman–Crippen MR) is 80.9 cm³/mol. The minimum Gasteiger partial charge on any atom is -0.435 e. The van der Waals surface area contributed by atoms with E-state index in [1.165, 1.54) is 0 Å². The molecule has 0 aliphatic heterocycles. The summed E-state index contributed by atoms with van der Waals surface area (Å²) in [5.74, 6) is 0. The number of hydrogen-bond donors (Lipinski definition) is 0. The fourth-order valence-electron chi connectivity index (χ4n) is 2.57. The van der Waals surface area contributed by atoms with Crippen LogP contribution in [0.25, 0.3) is 0 Å². The third-order valence-corrected chi connectivity index (χ3v) is 4.09. The van der Waals surface area contributed by atoms with Gasteiger partial charge < -0.3 is 14.2 Å². The predicted octanol–water partition coefficient (Wildman–Crippen LogP) is 4.56. The van der Waals surface area contributed by atoms with Gasteiger partial charge in [-0.15, -0.1) is 0 Å². The molecule has 120 valence electrons. The fraction of sp³-hybridized carbons (Fsp3) is 0.938. The van der Waals surface area contributed by atoms with Gasteiger partial charge in [-0.05, 0) is 40.0 Å². The molecule has 0 aliphatic rings. The van der Waals surface area contributed by atoms with Crippen LogP contribution in [0.2, 0.25) is 0 Å². The minimum absolute atomic E-state index is 0.169. The van der Waals surface area contributed by atoms with E-state index >= 15 is 0 Å². The van der Waals surface area contributed by atoms with Gasteiger partial charge in [0.1, 0.15) is 5.60 Å². The molecule has 0 aromatic rings. The molecule has 0 aromatic carbocycles. The monoisotopic (exact) mass is 288 g/mol. The molecule has 0 aliphatic carbocycles. The van der Waals surface area contributed by atoms with E-state index in [4.69, 9.17) is 14.2 Å². The van der Waals surface area contributed by atoms with Crippen molar-refractivity contribution in [1.82, 2.24) is 0 Å². The number of carbonyl (C=O) groups excluding carboxylic acids is 1. The highest BCUT2D eigenvalue weighted by atomic mass is 16.7. The second kappa shape index (κ2) is 8.50. The Labute approximate surface area is 124 Å². The quantitative estimate of drug-likeness (QED) is 0.583. The van der Waals surface area contributed by atoms with Gasteiger partial charge in [-0.3, -0.25) is 0 Å². The first-order valence-corrected chi connectivity index (χ1v) is 7.72. The molecule has 0 radical (unpaired) electrons. The summed E-state index contributed by atoms with van der Waals surface area (Å²) in [7, 11) is 0. The first kappa shape index (κ1) is 19.2. The molecule has 0 amide bonds. The van der Waals surface area contributed by atoms with Crippen molar-refractivity contribution in [2.24, 2.45) is 5.41 Å². The van der Waals surface area contributed by atoms with Crippen LogP contribution in [0.15, 0.2) is 0 Å². The SMILES string of the molecule is CCOC(=O)OC(CC)(CC)C(C)(C)CCOC(C)C. The fourth-order valence-corrected chi connectivity index (χ4v) is 2.57. The topological polar surface area (TPSA) is 44.8 Å². The van der Waals surface area contributed by atoms with Crippen LogP contribution < -0.4 is 0 Å². The zero-order valence-corrected chi connectivity index (χ0v) is 14.2. The summed E-state index contributed by atoms with van der Waals surface area (Å²) < 4.78 is 16.3. The molecule has 0 rings (SSSR count). The molecule has 0 N–H and O–H groups in total. The normalized spacial score (nSPS) is 12.6. The van der Waals surface area contributed by atoms with E-state index in [1.807, 2.05) is 27.7 Å². The van der Waals surface area contributed by atoms with Crippen LogP contribution in [-0.4, -0.2) is 31.1 Å². The van der Waals surface area contributed by atoms with Crippen molar-refractivity contribution in [3.05, 3.63) is 0 Å². The van der Waals surface area contributed by atoms with Gasteiger partial charge in [0.25, 0.3) is 0 Å². The lowest BCUT2D eigenvalue weighted by Gasteiger charge is -2.45. The van der Waals surface area contributed by atoms with Crippen LogP contribution in [0.4, 0.5) is 4.79 Å². The molecule has 0 fully saturated rings. The second-order valence-corrected chi connectivity index (χ2v) is 6.04. The molecule has 0 saturated heterocycles. The molecule has 0 bridgehead atoms. The van der Waals surface area contributed by atoms with Crippen molar-refractivity contribution in [1.29, 1.82) is 0 Å². The van der Waals surface area contributed by atoms with Gasteiger partial charge in [-0.2, -0.15) is 0 Å². The summed E-state index contributed by atoms with van der Waals surface area (Å²) in [4.78, 5) is 11.7. The third-order valence-electron chi connectivity index (χ3n) is 4.09. The third kappa shape index (κ3) is 5.31. The van der Waals surface area contributed by atoms with E-state index in [0.29, 0.717) is 13.2 Å². The van der Waals surface area contributed by atoms with Gasteiger partial charge in [0, 0.05) is 12.0 Å². The number of rotatable bonds is 9. The Balaban J connectivity index is 4.87. The van der Waals surface area contributed by atoms with Crippen LogP contribution >= 0.6 is 0 Å². The van der Waals surface area contributed by atoms with Crippen molar-refractivity contribution >= 4 is 6.16 Å². The summed E-state index contributed by atoms with van der Waals surface area (Å²) in [6, 6.07) is 0. The van der Waals surface area contributed by atoms with Gasteiger partial charge >= 0.3 is 6.16 Å². The van der Waals surface area contributed by atoms with E-state index in [9.17, 15) is 4.79 Å². The lowest BCUT2D eigenvalue weighted by Crippen LogP contribution is -2.48. The lowest BCUT2D eigenvalue weighted by molar-refractivity contribution is -0.116. The Bertz CT molecular complexity index is 280. The second-order valence-electron chi connectivity index (χ2n) is 6.04. The van der Waals surface area contributed by atoms with Crippen molar-refractivity contribution in [2.75, 3.05) is 13.2 Å². The summed E-state index contributed by atoms with van der Waals surface area (Å²) in [5.41, 5.74) is -0.683. The molecule has 0 saturated carbocycles. The minimum atomic E-state index is -0.575. The van der Waals surface area contributed by atoms with Crippen LogP contribution in [-0.2, 0) is 14.2 Å². The van der Waals surface area contributed by atoms with Gasteiger partial charge in [-0.25, -0.2) is 4.79 Å². The molecular formula is C16H32O4. The highest BCUT2D eigenvalue weighted by Crippen LogP contribution is 2.42. The molecular weight excluding hydrogens is 256 g/mol. The van der Waals surface area contributed by atoms with E-state index in [2.05, 4.69) is 13.8 Å². The highest BCUT2D eigenvalue weighted by molar-refractivity contribution is 5.60. The standard InChI is InChI=1S/C16H32O4/c1-8-16(9-2,20-14(17)18-10-3)15(6,7)11-12-19-13(4)5/h13H,8-12H2,1-7H3. The van der Waals surface area contributed by atoms with Crippen LogP contribution in [0, 0.1) is 5.41 Å². The molecule has 0 heterocycles. The summed E-state index contributed by atoms with van der Waals surface area (Å²) >= 11 is 0. The van der Waals surface area contributed by atoms with Gasteiger partial charge in [0.05, 0.1) is 12.7 Å². The van der Waals surface area contributed by atoms with E-state index in [1.54, 1.807) is 6.92 Å². The highest BCUT2D eigenvalue weighted by Gasteiger charge is 2.45. The van der Waals surface area contributed by atoms with Crippen molar-refractivity contribution < 1.29 is 19.0 Å². The lowest BCUT2D eigenvalue weighted by atomic mass is 9.69. The average Bonchev–Trinajstić information content (AvgIpc) is 2.35. The molecule has 4 heteroatoms. The molecule has 0 atom stereocenters. The zero-order valence-electron chi connectivity index (χ0n) is 14.2. The number of ether oxygens (including phenoxy) is 3. The van der Waals surface area contributed by atoms with Crippen LogP contribution in [0.5, 0.6) is 0 Å². The van der Waals surface area contributed by atoms with Crippen molar-refractivity contribution in [2.45, 2.75) is 79.4 Å². The maximum Gasteiger partial charge on any atom is 0.508 e. The first-order chi connectivity index (χ1) is 9.24. The summed E-state index contributed by atoms with van der Waals surface area (Å²) in [6.07, 6.45) is 2.00. The number of hydrogen-bond acceptors (Lipinski definition) is 4. The molecule has 4 nitrogen and oxygen atoms in total. The molecule has 20 heavy (non-hydrogen) atoms. The molecule has 0 unspecified atom stereocenters. The molecule has 0 spiro atoms. The zero-order chi connectivity index (χ0) is 15.8. The Morgan fingerprint density at radius 2 is 1.65 bits per heavy atom. The smallest absolute Gasteiger partial charge is 0.435 e. The van der Waals surface area contributed by atoms with Crippen molar-refractivity contribution in [3.63, 3.8) is 0 Å². The van der Waals surface area contributed by atoms with Crippen molar-refractivity contribution in [3.8, 4) is 0 Å². The van der Waals surface area contributed by atoms with Gasteiger partial charge in [0.2, 0.25) is 0 Å². The summed E-state index contributed by atoms with van der Waals surface area (Å²) in [6.45, 7) is 15.2. The Morgan fingerprint density at radius 3 is 2.05 bits per heavy atom. The summed E-state index contributed by atoms with van der Waals surface area (Å²) in [5, 5.41) is 0. The maximum atomic E-state index is 11.7. The average molecular weight is 288 g/mol. The Morgan fingerprint density at radius 1 is 1.10 bits per heavy atom. The molecule has 0 aromatic heterocycles. The van der Waals surface area contributed by atoms with Crippen LogP contribution in [0.1, 0.15) is 67.7 Å². The Kier molecular flexibility index (Phi) is 8.17. The number of carbonyl (C=O) groups is 1.